The maximum absolute atomic E-state index is 13.3. The Hall–Kier alpha value is -2.67. The predicted octanol–water partition coefficient (Wildman–Crippen LogP) is 2.98. The Morgan fingerprint density at radius 3 is 2.65 bits per heavy atom. The van der Waals surface area contributed by atoms with Gasteiger partial charge in [-0.25, -0.2) is 0 Å². The number of hydrogen-bond acceptors (Lipinski definition) is 4. The molecule has 0 unspecified atom stereocenters. The van der Waals surface area contributed by atoms with E-state index in [1.807, 2.05) is 19.9 Å². The fourth-order valence-electron chi connectivity index (χ4n) is 4.53. The number of hydrogen-bond donors (Lipinski definition) is 2. The van der Waals surface area contributed by atoms with Gasteiger partial charge in [-0.05, 0) is 55.7 Å². The number of rotatable bonds is 6. The molecule has 7 heteroatoms. The van der Waals surface area contributed by atoms with E-state index in [0.717, 1.165) is 5.56 Å². The van der Waals surface area contributed by atoms with E-state index < -0.39 is 11.5 Å². The molecule has 2 aliphatic heterocycles. The highest BCUT2D eigenvalue weighted by molar-refractivity contribution is 7.13. The van der Waals surface area contributed by atoms with Gasteiger partial charge in [-0.1, -0.05) is 30.3 Å². The molecule has 0 aliphatic carbocycles. The molecule has 0 bridgehead atoms. The Kier molecular flexibility index (Phi) is 6.14. The van der Waals surface area contributed by atoms with Crippen LogP contribution in [0.3, 0.4) is 0 Å². The van der Waals surface area contributed by atoms with Gasteiger partial charge >= 0.3 is 0 Å². The number of thiophene rings is 1. The van der Waals surface area contributed by atoms with Crippen LogP contribution >= 0.6 is 11.3 Å². The second-order valence-corrected chi connectivity index (χ2v) is 9.88. The molecule has 0 radical (unpaired) electrons. The van der Waals surface area contributed by atoms with Crippen molar-refractivity contribution in [2.75, 3.05) is 13.1 Å². The minimum Gasteiger partial charge on any atom is -0.353 e. The monoisotopic (exact) mass is 439 g/mol. The Bertz CT molecular complexity index is 955. The van der Waals surface area contributed by atoms with Gasteiger partial charge in [0.05, 0.1) is 5.41 Å². The summed E-state index contributed by atoms with van der Waals surface area (Å²) in [5, 5.41) is 7.89. The van der Waals surface area contributed by atoms with Gasteiger partial charge in [-0.3, -0.25) is 14.4 Å². The molecule has 1 aromatic carbocycles. The van der Waals surface area contributed by atoms with Gasteiger partial charge in [-0.2, -0.15) is 0 Å². The first-order chi connectivity index (χ1) is 14.9. The Morgan fingerprint density at radius 1 is 1.26 bits per heavy atom. The van der Waals surface area contributed by atoms with Gasteiger partial charge in [-0.15, -0.1) is 11.3 Å². The third kappa shape index (κ3) is 4.66. The van der Waals surface area contributed by atoms with Crippen LogP contribution in [-0.2, 0) is 20.8 Å². The van der Waals surface area contributed by atoms with Crippen molar-refractivity contribution < 1.29 is 14.4 Å². The zero-order valence-corrected chi connectivity index (χ0v) is 18.8. The molecule has 1 aromatic heterocycles. The zero-order chi connectivity index (χ0) is 22.0. The van der Waals surface area contributed by atoms with E-state index in [4.69, 9.17) is 0 Å². The van der Waals surface area contributed by atoms with Crippen molar-refractivity contribution in [3.8, 4) is 10.4 Å². The normalized spacial score (nSPS) is 23.3. The number of carbonyl (C=O) groups is 3. The molecular weight excluding hydrogens is 410 g/mol. The van der Waals surface area contributed by atoms with E-state index in [2.05, 4.69) is 46.3 Å². The van der Waals surface area contributed by atoms with Crippen LogP contribution < -0.4 is 10.6 Å². The predicted molar refractivity (Wildman–Crippen MR) is 122 cm³/mol. The third-order valence-electron chi connectivity index (χ3n) is 6.16. The summed E-state index contributed by atoms with van der Waals surface area (Å²) < 4.78 is 0. The second-order valence-electron chi connectivity index (χ2n) is 8.93. The van der Waals surface area contributed by atoms with Crippen molar-refractivity contribution in [1.82, 2.24) is 15.5 Å². The van der Waals surface area contributed by atoms with Gasteiger partial charge in [0.25, 0.3) is 0 Å². The fourth-order valence-corrected chi connectivity index (χ4v) is 5.26. The zero-order valence-electron chi connectivity index (χ0n) is 18.0. The van der Waals surface area contributed by atoms with Crippen LogP contribution in [0.15, 0.2) is 41.8 Å². The van der Waals surface area contributed by atoms with Crippen LogP contribution in [0.5, 0.6) is 0 Å². The van der Waals surface area contributed by atoms with E-state index in [0.29, 0.717) is 38.8 Å². The molecule has 3 heterocycles. The molecule has 2 N–H and O–H groups in total. The minimum atomic E-state index is -0.660. The van der Waals surface area contributed by atoms with E-state index in [1.54, 1.807) is 16.2 Å². The lowest BCUT2D eigenvalue weighted by Crippen LogP contribution is -2.49. The lowest BCUT2D eigenvalue weighted by molar-refractivity contribution is -0.135. The van der Waals surface area contributed by atoms with Crippen molar-refractivity contribution >= 4 is 29.1 Å². The fraction of sp³-hybridized carbons (Fsp3) is 0.458. The van der Waals surface area contributed by atoms with Gasteiger partial charge in [0.15, 0.2) is 0 Å². The van der Waals surface area contributed by atoms with Crippen molar-refractivity contribution in [2.24, 2.45) is 5.41 Å². The van der Waals surface area contributed by atoms with Gasteiger partial charge < -0.3 is 15.5 Å². The van der Waals surface area contributed by atoms with Gasteiger partial charge in [0.2, 0.25) is 17.7 Å². The molecule has 2 aromatic rings. The summed E-state index contributed by atoms with van der Waals surface area (Å²) in [5.74, 6) is -0.152. The van der Waals surface area contributed by atoms with E-state index in [-0.39, 0.29) is 23.8 Å². The molecule has 0 saturated carbocycles. The molecule has 31 heavy (non-hydrogen) atoms. The summed E-state index contributed by atoms with van der Waals surface area (Å²) in [5.41, 5.74) is 1.59. The van der Waals surface area contributed by atoms with E-state index in [9.17, 15) is 14.4 Å². The average molecular weight is 440 g/mol. The van der Waals surface area contributed by atoms with E-state index >= 15 is 0 Å². The first-order valence-electron chi connectivity index (χ1n) is 10.9. The first kappa shape index (κ1) is 21.6. The molecule has 2 aliphatic rings. The molecule has 164 valence electrons. The number of amides is 3. The van der Waals surface area contributed by atoms with Crippen LogP contribution in [0.2, 0.25) is 0 Å². The first-order valence-corrected chi connectivity index (χ1v) is 11.8. The number of benzene rings is 1. The smallest absolute Gasteiger partial charge is 0.245 e. The van der Waals surface area contributed by atoms with Crippen LogP contribution in [0, 0.1) is 5.41 Å². The van der Waals surface area contributed by atoms with Crippen molar-refractivity contribution in [2.45, 2.75) is 51.6 Å². The standard InChI is InChI=1S/C24H29N3O3S/c1-16(2)25-23(30)24(11-12-27(15-24)22(29)19-9-10-21(28)26-19)14-17-5-7-18(8-6-17)20-4-3-13-31-20/h3-8,13,16,19H,9-12,14-15H2,1-2H3,(H,25,30)(H,26,28)/t19-,24+/m0/s1. The lowest BCUT2D eigenvalue weighted by atomic mass is 9.79. The highest BCUT2D eigenvalue weighted by atomic mass is 32.1. The van der Waals surface area contributed by atoms with Crippen molar-refractivity contribution in [3.63, 3.8) is 0 Å². The maximum atomic E-state index is 13.3. The summed E-state index contributed by atoms with van der Waals surface area (Å²) in [7, 11) is 0. The molecule has 2 saturated heterocycles. The Labute approximate surface area is 187 Å². The van der Waals surface area contributed by atoms with Crippen LogP contribution in [0.1, 0.15) is 38.7 Å². The second kappa shape index (κ2) is 8.83. The molecule has 6 nitrogen and oxygen atoms in total. The van der Waals surface area contributed by atoms with E-state index in [1.165, 1.54) is 10.4 Å². The lowest BCUT2D eigenvalue weighted by Gasteiger charge is -2.30. The summed E-state index contributed by atoms with van der Waals surface area (Å²) >= 11 is 1.70. The minimum absolute atomic E-state index is 0.00408. The molecule has 2 fully saturated rings. The van der Waals surface area contributed by atoms with Crippen LogP contribution in [-0.4, -0.2) is 47.8 Å². The topological polar surface area (TPSA) is 78.5 Å². The Balaban J connectivity index is 1.52. The number of nitrogens with zero attached hydrogens (tertiary/aromatic N) is 1. The molecule has 3 amide bonds. The SMILES string of the molecule is CC(C)NC(=O)[C@@]1(Cc2ccc(-c3cccs3)cc2)CCN(C(=O)[C@@H]2CCC(=O)N2)C1. The van der Waals surface area contributed by atoms with Gasteiger partial charge in [0, 0.05) is 30.4 Å². The van der Waals surface area contributed by atoms with Gasteiger partial charge in [0.1, 0.15) is 6.04 Å². The molecule has 0 spiro atoms. The summed E-state index contributed by atoms with van der Waals surface area (Å²) in [6.07, 6.45) is 2.12. The van der Waals surface area contributed by atoms with Crippen LogP contribution in [0.4, 0.5) is 0 Å². The summed E-state index contributed by atoms with van der Waals surface area (Å²) in [4.78, 5) is 40.7. The summed E-state index contributed by atoms with van der Waals surface area (Å²) in [6.45, 7) is 4.81. The summed E-state index contributed by atoms with van der Waals surface area (Å²) in [6, 6.07) is 12.1. The third-order valence-corrected chi connectivity index (χ3v) is 7.08. The molecular formula is C24H29N3O3S. The van der Waals surface area contributed by atoms with Crippen molar-refractivity contribution in [1.29, 1.82) is 0 Å². The molecule has 2 atom stereocenters. The average Bonchev–Trinajstić information content (AvgIpc) is 3.49. The number of likely N-dealkylation sites (tertiary alicyclic amines) is 1. The maximum Gasteiger partial charge on any atom is 0.245 e. The highest BCUT2D eigenvalue weighted by Crippen LogP contribution is 2.36. The largest absolute Gasteiger partial charge is 0.353 e. The number of carbonyl (C=O) groups excluding carboxylic acids is 3. The van der Waals surface area contributed by atoms with Crippen LogP contribution in [0.25, 0.3) is 10.4 Å². The van der Waals surface area contributed by atoms with Crippen molar-refractivity contribution in [3.05, 3.63) is 47.3 Å². The quantitative estimate of drug-likeness (QED) is 0.726. The molecule has 4 rings (SSSR count). The Morgan fingerprint density at radius 2 is 2.03 bits per heavy atom. The number of nitrogens with one attached hydrogen (secondary N) is 2. The highest BCUT2D eigenvalue weighted by Gasteiger charge is 2.47.